The van der Waals surface area contributed by atoms with Gasteiger partial charge in [0.15, 0.2) is 0 Å². The average Bonchev–Trinajstić information content (AvgIpc) is 2.92. The monoisotopic (exact) mass is 292 g/mol. The van der Waals surface area contributed by atoms with Crippen LogP contribution in [0.2, 0.25) is 0 Å². The zero-order valence-electron chi connectivity index (χ0n) is 12.2. The molecule has 0 bridgehead atoms. The van der Waals surface area contributed by atoms with E-state index in [-0.39, 0.29) is 17.4 Å². The fraction of sp³-hybridized carbons (Fsp3) is 0.417. The first kappa shape index (κ1) is 14.7. The van der Waals surface area contributed by atoms with Gasteiger partial charge in [0.1, 0.15) is 6.20 Å². The molecule has 1 atom stereocenters. The van der Waals surface area contributed by atoms with E-state index >= 15 is 0 Å². The maximum atomic E-state index is 12.3. The van der Waals surface area contributed by atoms with E-state index in [9.17, 15) is 14.9 Å². The summed E-state index contributed by atoms with van der Waals surface area (Å²) in [4.78, 5) is 22.5. The van der Waals surface area contributed by atoms with Crippen LogP contribution in [0.3, 0.4) is 0 Å². The number of hydrogen-bond acceptors (Lipinski definition) is 5. The standard InChI is InChI=1S/C12H16N6O3/c1-7(9-6-16(3)15-8(9)2)14-12(19)11-10(18(20)21)5-13-17(11)4/h5-7H,1-4H3,(H,14,19)/t7-/m1/s1. The zero-order chi connectivity index (χ0) is 15.7. The number of carbonyl (C=O) groups excluding carboxylic acids is 1. The third-order valence-corrected chi connectivity index (χ3v) is 3.20. The second-order valence-electron chi connectivity index (χ2n) is 4.80. The van der Waals surface area contributed by atoms with Gasteiger partial charge in [0.2, 0.25) is 5.69 Å². The lowest BCUT2D eigenvalue weighted by molar-refractivity contribution is -0.385. The fourth-order valence-corrected chi connectivity index (χ4v) is 2.21. The lowest BCUT2D eigenvalue weighted by Gasteiger charge is -2.13. The molecule has 2 aromatic heterocycles. The van der Waals surface area contributed by atoms with Crippen molar-refractivity contribution in [3.8, 4) is 0 Å². The van der Waals surface area contributed by atoms with Crippen LogP contribution in [0.4, 0.5) is 5.69 Å². The number of amides is 1. The summed E-state index contributed by atoms with van der Waals surface area (Å²) in [6, 6.07) is -0.319. The van der Waals surface area contributed by atoms with Gasteiger partial charge in [-0.15, -0.1) is 0 Å². The molecular formula is C12H16N6O3. The molecular weight excluding hydrogens is 276 g/mol. The Morgan fingerprint density at radius 2 is 2.14 bits per heavy atom. The Morgan fingerprint density at radius 1 is 1.48 bits per heavy atom. The van der Waals surface area contributed by atoms with Crippen LogP contribution in [0.25, 0.3) is 0 Å². The molecule has 2 heterocycles. The summed E-state index contributed by atoms with van der Waals surface area (Å²) >= 11 is 0. The maximum Gasteiger partial charge on any atom is 0.320 e. The number of nitro groups is 1. The van der Waals surface area contributed by atoms with Crippen LogP contribution >= 0.6 is 0 Å². The summed E-state index contributed by atoms with van der Waals surface area (Å²) in [6.07, 6.45) is 2.87. The van der Waals surface area contributed by atoms with Gasteiger partial charge >= 0.3 is 5.69 Å². The molecule has 9 nitrogen and oxygen atoms in total. The number of nitrogens with one attached hydrogen (secondary N) is 1. The molecule has 1 N–H and O–H groups in total. The minimum Gasteiger partial charge on any atom is -0.344 e. The van der Waals surface area contributed by atoms with E-state index in [4.69, 9.17) is 0 Å². The number of carbonyl (C=O) groups is 1. The number of rotatable bonds is 4. The molecule has 0 aliphatic carbocycles. The van der Waals surface area contributed by atoms with Crippen molar-refractivity contribution < 1.29 is 9.72 Å². The summed E-state index contributed by atoms with van der Waals surface area (Å²) in [5, 5.41) is 21.6. The Labute approximate surface area is 120 Å². The van der Waals surface area contributed by atoms with Crippen molar-refractivity contribution in [2.75, 3.05) is 0 Å². The van der Waals surface area contributed by atoms with E-state index in [2.05, 4.69) is 15.5 Å². The third-order valence-electron chi connectivity index (χ3n) is 3.20. The molecule has 0 aliphatic heterocycles. The molecule has 0 aromatic carbocycles. The zero-order valence-corrected chi connectivity index (χ0v) is 12.2. The van der Waals surface area contributed by atoms with E-state index in [0.29, 0.717) is 0 Å². The number of nitrogens with zero attached hydrogens (tertiary/aromatic N) is 5. The molecule has 0 radical (unpaired) electrons. The lowest BCUT2D eigenvalue weighted by atomic mass is 10.1. The SMILES string of the molecule is Cc1nn(C)cc1[C@@H](C)NC(=O)c1c([N+](=O)[O-])cnn1C. The van der Waals surface area contributed by atoms with E-state index in [1.807, 2.05) is 6.92 Å². The molecule has 112 valence electrons. The molecule has 0 saturated heterocycles. The first-order chi connectivity index (χ1) is 9.81. The van der Waals surface area contributed by atoms with E-state index in [0.717, 1.165) is 17.5 Å². The average molecular weight is 292 g/mol. The summed E-state index contributed by atoms with van der Waals surface area (Å²) in [6.45, 7) is 3.63. The highest BCUT2D eigenvalue weighted by atomic mass is 16.6. The van der Waals surface area contributed by atoms with Gasteiger partial charge < -0.3 is 5.32 Å². The topological polar surface area (TPSA) is 108 Å². The van der Waals surface area contributed by atoms with Crippen LogP contribution < -0.4 is 5.32 Å². The molecule has 2 aromatic rings. The second-order valence-corrected chi connectivity index (χ2v) is 4.80. The Hall–Kier alpha value is -2.71. The number of hydrogen-bond donors (Lipinski definition) is 1. The number of aromatic nitrogens is 4. The minimum atomic E-state index is -0.623. The van der Waals surface area contributed by atoms with Crippen LogP contribution in [0.15, 0.2) is 12.4 Å². The molecule has 0 aliphatic rings. The highest BCUT2D eigenvalue weighted by Gasteiger charge is 2.27. The highest BCUT2D eigenvalue weighted by Crippen LogP contribution is 2.20. The molecule has 0 spiro atoms. The highest BCUT2D eigenvalue weighted by molar-refractivity contribution is 5.96. The van der Waals surface area contributed by atoms with Crippen molar-refractivity contribution in [1.82, 2.24) is 24.9 Å². The third kappa shape index (κ3) is 2.76. The van der Waals surface area contributed by atoms with Gasteiger partial charge in [0.25, 0.3) is 5.91 Å². The lowest BCUT2D eigenvalue weighted by Crippen LogP contribution is -2.29. The maximum absolute atomic E-state index is 12.3. The molecule has 0 unspecified atom stereocenters. The van der Waals surface area contributed by atoms with Crippen LogP contribution in [-0.4, -0.2) is 30.4 Å². The van der Waals surface area contributed by atoms with Gasteiger partial charge in [-0.2, -0.15) is 10.2 Å². The van der Waals surface area contributed by atoms with Gasteiger partial charge in [-0.05, 0) is 13.8 Å². The Kier molecular flexibility index (Phi) is 3.74. The van der Waals surface area contributed by atoms with Crippen LogP contribution in [-0.2, 0) is 14.1 Å². The Morgan fingerprint density at radius 3 is 2.67 bits per heavy atom. The predicted octanol–water partition coefficient (Wildman–Crippen LogP) is 0.861. The Bertz CT molecular complexity index is 702. The van der Waals surface area contributed by atoms with E-state index < -0.39 is 10.8 Å². The molecule has 2 rings (SSSR count). The van der Waals surface area contributed by atoms with Crippen LogP contribution in [0, 0.1) is 17.0 Å². The van der Waals surface area contributed by atoms with Gasteiger partial charge in [-0.3, -0.25) is 24.3 Å². The van der Waals surface area contributed by atoms with Crippen molar-refractivity contribution in [2.24, 2.45) is 14.1 Å². The van der Waals surface area contributed by atoms with Gasteiger partial charge in [-0.1, -0.05) is 0 Å². The molecule has 1 amide bonds. The van der Waals surface area contributed by atoms with Crippen molar-refractivity contribution in [1.29, 1.82) is 0 Å². The number of aryl methyl sites for hydroxylation is 3. The van der Waals surface area contributed by atoms with Crippen molar-refractivity contribution in [3.63, 3.8) is 0 Å². The van der Waals surface area contributed by atoms with Crippen LogP contribution in [0.1, 0.15) is 34.7 Å². The molecule has 0 saturated carbocycles. The Balaban J connectivity index is 2.24. The molecule has 0 fully saturated rings. The predicted molar refractivity (Wildman–Crippen MR) is 73.7 cm³/mol. The van der Waals surface area contributed by atoms with Gasteiger partial charge in [-0.25, -0.2) is 0 Å². The van der Waals surface area contributed by atoms with Crippen molar-refractivity contribution in [2.45, 2.75) is 19.9 Å². The van der Waals surface area contributed by atoms with E-state index in [1.54, 1.807) is 24.9 Å². The molecule has 21 heavy (non-hydrogen) atoms. The van der Waals surface area contributed by atoms with Crippen molar-refractivity contribution in [3.05, 3.63) is 39.5 Å². The summed E-state index contributed by atoms with van der Waals surface area (Å²) in [5.74, 6) is -0.544. The largest absolute Gasteiger partial charge is 0.344 e. The quantitative estimate of drug-likeness (QED) is 0.664. The summed E-state index contributed by atoms with van der Waals surface area (Å²) in [7, 11) is 3.28. The van der Waals surface area contributed by atoms with Gasteiger partial charge in [0.05, 0.1) is 16.7 Å². The normalized spacial score (nSPS) is 12.2. The van der Waals surface area contributed by atoms with Crippen LogP contribution in [0.5, 0.6) is 0 Å². The molecule has 9 heteroatoms. The first-order valence-corrected chi connectivity index (χ1v) is 6.28. The van der Waals surface area contributed by atoms with E-state index in [1.165, 1.54) is 11.7 Å². The van der Waals surface area contributed by atoms with Crippen molar-refractivity contribution >= 4 is 11.6 Å². The van der Waals surface area contributed by atoms with Gasteiger partial charge in [0, 0.05) is 25.9 Å². The summed E-state index contributed by atoms with van der Waals surface area (Å²) in [5.41, 5.74) is 1.26. The summed E-state index contributed by atoms with van der Waals surface area (Å²) < 4.78 is 2.84. The second kappa shape index (κ2) is 5.35. The minimum absolute atomic E-state index is 0.0756. The smallest absolute Gasteiger partial charge is 0.320 e. The fourth-order valence-electron chi connectivity index (χ4n) is 2.21. The first-order valence-electron chi connectivity index (χ1n) is 6.28.